The van der Waals surface area contributed by atoms with Crippen LogP contribution in [0, 0.1) is 0 Å². The van der Waals surface area contributed by atoms with E-state index in [0.29, 0.717) is 5.88 Å². The van der Waals surface area contributed by atoms with Crippen LogP contribution in [-0.2, 0) is 0 Å². The lowest BCUT2D eigenvalue weighted by atomic mass is 10.1. The molecule has 0 saturated heterocycles. The van der Waals surface area contributed by atoms with Crippen LogP contribution >= 0.6 is 11.6 Å². The Balaban J connectivity index is 1.95. The van der Waals surface area contributed by atoms with Gasteiger partial charge in [0, 0.05) is 29.3 Å². The highest BCUT2D eigenvalue weighted by Gasteiger charge is 2.14. The largest absolute Gasteiger partial charge is 0.483 e. The zero-order valence-corrected chi connectivity index (χ0v) is 12.3. The van der Waals surface area contributed by atoms with Crippen LogP contribution in [0.2, 0.25) is 0 Å². The Morgan fingerprint density at radius 3 is 2.52 bits per heavy atom. The minimum Gasteiger partial charge on any atom is -0.483 e. The molecule has 0 aliphatic carbocycles. The minimum atomic E-state index is -0.0590. The number of halogens is 1. The Bertz CT molecular complexity index is 709. The fourth-order valence-corrected chi connectivity index (χ4v) is 2.59. The quantitative estimate of drug-likeness (QED) is 0.619. The van der Waals surface area contributed by atoms with E-state index in [4.69, 9.17) is 16.3 Å². The maximum Gasteiger partial charge on any atom is 0.146 e. The Morgan fingerprint density at radius 2 is 1.71 bits per heavy atom. The summed E-state index contributed by atoms with van der Waals surface area (Å²) in [5.41, 5.74) is 1.13. The van der Waals surface area contributed by atoms with Gasteiger partial charge in [0.25, 0.3) is 0 Å². The van der Waals surface area contributed by atoms with Crippen molar-refractivity contribution in [1.82, 2.24) is 4.98 Å². The topological polar surface area (TPSA) is 22.1 Å². The van der Waals surface area contributed by atoms with E-state index >= 15 is 0 Å². The molecule has 2 aromatic carbocycles. The molecule has 1 atom stereocenters. The molecule has 1 heterocycles. The van der Waals surface area contributed by atoms with Gasteiger partial charge in [0.05, 0.1) is 6.20 Å². The van der Waals surface area contributed by atoms with Crippen LogP contribution in [0.4, 0.5) is 0 Å². The fraction of sp³-hybridized carbons (Fsp3) is 0.167. The first-order chi connectivity index (χ1) is 10.4. The number of benzene rings is 2. The molecule has 0 saturated carbocycles. The highest BCUT2D eigenvalue weighted by Crippen LogP contribution is 2.30. The van der Waals surface area contributed by atoms with Crippen LogP contribution in [0.15, 0.2) is 67.0 Å². The molecule has 0 aliphatic rings. The van der Waals surface area contributed by atoms with Gasteiger partial charge in [-0.15, -0.1) is 11.6 Å². The van der Waals surface area contributed by atoms with Crippen molar-refractivity contribution in [2.45, 2.75) is 12.5 Å². The third kappa shape index (κ3) is 3.17. The molecule has 3 heteroatoms. The summed E-state index contributed by atoms with van der Waals surface area (Å²) in [7, 11) is 0. The van der Waals surface area contributed by atoms with Crippen molar-refractivity contribution >= 4 is 22.4 Å². The van der Waals surface area contributed by atoms with E-state index in [1.807, 2.05) is 42.6 Å². The average molecular weight is 298 g/mol. The second kappa shape index (κ2) is 6.59. The van der Waals surface area contributed by atoms with Crippen molar-refractivity contribution in [1.29, 1.82) is 0 Å². The normalized spacial score (nSPS) is 12.2. The van der Waals surface area contributed by atoms with Gasteiger partial charge in [-0.05, 0) is 5.56 Å². The monoisotopic (exact) mass is 297 g/mol. The molecule has 0 spiro atoms. The first-order valence-corrected chi connectivity index (χ1v) is 7.52. The van der Waals surface area contributed by atoms with Gasteiger partial charge in [-0.25, -0.2) is 0 Å². The van der Waals surface area contributed by atoms with Gasteiger partial charge in [0.1, 0.15) is 11.9 Å². The molecule has 3 aromatic rings. The number of ether oxygens (including phenoxy) is 1. The van der Waals surface area contributed by atoms with Gasteiger partial charge in [-0.1, -0.05) is 54.6 Å². The number of aromatic nitrogens is 1. The van der Waals surface area contributed by atoms with Crippen molar-refractivity contribution in [3.8, 4) is 5.75 Å². The Morgan fingerprint density at radius 1 is 0.952 bits per heavy atom. The van der Waals surface area contributed by atoms with Crippen LogP contribution in [0.5, 0.6) is 5.75 Å². The number of fused-ring (bicyclic) bond motifs is 1. The standard InChI is InChI=1S/C18H16ClNO/c19-11-10-17(14-6-2-1-3-7-14)21-18-13-20-12-15-8-4-5-9-16(15)18/h1-9,12-13,17H,10-11H2. The van der Waals surface area contributed by atoms with Gasteiger partial charge in [0.15, 0.2) is 0 Å². The SMILES string of the molecule is ClCCC(Oc1cncc2ccccc12)c1ccccc1. The van der Waals surface area contributed by atoms with Gasteiger partial charge < -0.3 is 4.74 Å². The highest BCUT2D eigenvalue weighted by molar-refractivity contribution is 6.17. The molecule has 0 N–H and O–H groups in total. The van der Waals surface area contributed by atoms with Crippen LogP contribution in [0.3, 0.4) is 0 Å². The smallest absolute Gasteiger partial charge is 0.146 e. The lowest BCUT2D eigenvalue weighted by molar-refractivity contribution is 0.204. The molecule has 1 unspecified atom stereocenters. The number of hydrogen-bond acceptors (Lipinski definition) is 2. The summed E-state index contributed by atoms with van der Waals surface area (Å²) in [5, 5.41) is 2.15. The molecule has 21 heavy (non-hydrogen) atoms. The summed E-state index contributed by atoms with van der Waals surface area (Å²) in [6, 6.07) is 18.3. The van der Waals surface area contributed by atoms with Crippen molar-refractivity contribution in [2.75, 3.05) is 5.88 Å². The van der Waals surface area contributed by atoms with Gasteiger partial charge in [-0.2, -0.15) is 0 Å². The van der Waals surface area contributed by atoms with Crippen LogP contribution in [0.25, 0.3) is 10.8 Å². The summed E-state index contributed by atoms with van der Waals surface area (Å²) in [6.07, 6.45) is 4.32. The summed E-state index contributed by atoms with van der Waals surface area (Å²) >= 11 is 5.93. The third-order valence-electron chi connectivity index (χ3n) is 3.44. The molecule has 0 amide bonds. The second-order valence-electron chi connectivity index (χ2n) is 4.85. The first-order valence-electron chi connectivity index (χ1n) is 6.99. The Hall–Kier alpha value is -2.06. The van der Waals surface area contributed by atoms with E-state index in [2.05, 4.69) is 23.2 Å². The number of rotatable bonds is 5. The van der Waals surface area contributed by atoms with Crippen LogP contribution < -0.4 is 4.74 Å². The van der Waals surface area contributed by atoms with Crippen molar-refractivity contribution in [3.05, 3.63) is 72.6 Å². The lowest BCUT2D eigenvalue weighted by Gasteiger charge is -2.19. The third-order valence-corrected chi connectivity index (χ3v) is 3.66. The minimum absolute atomic E-state index is 0.0590. The predicted octanol–water partition coefficient (Wildman–Crippen LogP) is 4.98. The molecule has 0 bridgehead atoms. The second-order valence-corrected chi connectivity index (χ2v) is 5.23. The Kier molecular flexibility index (Phi) is 4.37. The molecule has 0 radical (unpaired) electrons. The van der Waals surface area contributed by atoms with Crippen molar-refractivity contribution in [3.63, 3.8) is 0 Å². The summed E-state index contributed by atoms with van der Waals surface area (Å²) in [5.74, 6) is 1.35. The van der Waals surface area contributed by atoms with Crippen molar-refractivity contribution < 1.29 is 4.74 Å². The maximum absolute atomic E-state index is 6.21. The van der Waals surface area contributed by atoms with Crippen LogP contribution in [0.1, 0.15) is 18.1 Å². The van der Waals surface area contributed by atoms with E-state index in [9.17, 15) is 0 Å². The van der Waals surface area contributed by atoms with E-state index in [-0.39, 0.29) is 6.10 Å². The number of hydrogen-bond donors (Lipinski definition) is 0. The molecule has 0 aliphatic heterocycles. The van der Waals surface area contributed by atoms with Gasteiger partial charge in [0.2, 0.25) is 0 Å². The average Bonchev–Trinajstić information content (AvgIpc) is 2.55. The Labute approximate surface area is 129 Å². The van der Waals surface area contributed by atoms with E-state index in [0.717, 1.165) is 28.5 Å². The van der Waals surface area contributed by atoms with Gasteiger partial charge in [-0.3, -0.25) is 4.98 Å². The first kappa shape index (κ1) is 13.9. The summed E-state index contributed by atoms with van der Waals surface area (Å²) in [4.78, 5) is 4.26. The summed E-state index contributed by atoms with van der Waals surface area (Å²) in [6.45, 7) is 0. The molecule has 1 aromatic heterocycles. The molecule has 3 rings (SSSR count). The molecular formula is C18H16ClNO. The van der Waals surface area contributed by atoms with Crippen LogP contribution in [-0.4, -0.2) is 10.9 Å². The van der Waals surface area contributed by atoms with E-state index in [1.165, 1.54) is 0 Å². The van der Waals surface area contributed by atoms with E-state index < -0.39 is 0 Å². The zero-order chi connectivity index (χ0) is 14.5. The lowest BCUT2D eigenvalue weighted by Crippen LogP contribution is -2.08. The molecule has 106 valence electrons. The predicted molar refractivity (Wildman–Crippen MR) is 86.9 cm³/mol. The summed E-state index contributed by atoms with van der Waals surface area (Å²) < 4.78 is 6.21. The van der Waals surface area contributed by atoms with E-state index in [1.54, 1.807) is 6.20 Å². The maximum atomic E-state index is 6.21. The van der Waals surface area contributed by atoms with Crippen molar-refractivity contribution in [2.24, 2.45) is 0 Å². The molecule has 0 fully saturated rings. The fourth-order valence-electron chi connectivity index (χ4n) is 2.40. The molecule has 2 nitrogen and oxygen atoms in total. The number of pyridine rings is 1. The molecular weight excluding hydrogens is 282 g/mol. The zero-order valence-electron chi connectivity index (χ0n) is 11.6. The number of alkyl halides is 1. The highest BCUT2D eigenvalue weighted by atomic mass is 35.5. The van der Waals surface area contributed by atoms with Gasteiger partial charge >= 0.3 is 0 Å². The number of nitrogens with zero attached hydrogens (tertiary/aromatic N) is 1.